The van der Waals surface area contributed by atoms with Gasteiger partial charge in [-0.2, -0.15) is 0 Å². The van der Waals surface area contributed by atoms with Crippen molar-refractivity contribution in [1.29, 1.82) is 0 Å². The molecule has 4 heteroatoms. The van der Waals surface area contributed by atoms with Crippen molar-refractivity contribution in [2.75, 3.05) is 39.8 Å². The van der Waals surface area contributed by atoms with Crippen LogP contribution in [0.3, 0.4) is 0 Å². The first-order valence-corrected chi connectivity index (χ1v) is 8.44. The van der Waals surface area contributed by atoms with E-state index in [1.54, 1.807) is 0 Å². The molecule has 0 radical (unpaired) electrons. The molecule has 20 heavy (non-hydrogen) atoms. The van der Waals surface area contributed by atoms with Gasteiger partial charge in [-0.3, -0.25) is 4.90 Å². The number of aliphatic hydroxyl groups excluding tert-OH is 1. The van der Waals surface area contributed by atoms with Gasteiger partial charge in [0, 0.05) is 37.3 Å². The van der Waals surface area contributed by atoms with Gasteiger partial charge in [0.2, 0.25) is 0 Å². The molecule has 2 N–H and O–H groups in total. The number of likely N-dealkylation sites (N-methyl/N-ethyl adjacent to an activating group) is 2. The summed E-state index contributed by atoms with van der Waals surface area (Å²) in [5.74, 6) is 0. The van der Waals surface area contributed by atoms with Crippen LogP contribution in [-0.2, 0) is 0 Å². The van der Waals surface area contributed by atoms with Crippen LogP contribution in [0.5, 0.6) is 0 Å². The summed E-state index contributed by atoms with van der Waals surface area (Å²) >= 11 is 0. The van der Waals surface area contributed by atoms with Gasteiger partial charge >= 0.3 is 0 Å². The second-order valence-electron chi connectivity index (χ2n) is 6.76. The molecule has 0 spiro atoms. The van der Waals surface area contributed by atoms with Crippen molar-refractivity contribution in [1.82, 2.24) is 15.1 Å². The van der Waals surface area contributed by atoms with Gasteiger partial charge in [0.1, 0.15) is 0 Å². The van der Waals surface area contributed by atoms with E-state index in [-0.39, 0.29) is 12.1 Å². The topological polar surface area (TPSA) is 38.7 Å². The maximum Gasteiger partial charge on any atom is 0.0613 e. The zero-order chi connectivity index (χ0) is 14.6. The average Bonchev–Trinajstić information content (AvgIpc) is 2.48. The van der Waals surface area contributed by atoms with Crippen LogP contribution in [0.4, 0.5) is 0 Å². The normalized spacial score (nSPS) is 37.2. The molecule has 1 aliphatic carbocycles. The second kappa shape index (κ2) is 7.21. The Hall–Kier alpha value is -0.160. The van der Waals surface area contributed by atoms with E-state index in [9.17, 15) is 5.11 Å². The molecule has 2 rings (SSSR count). The molecule has 118 valence electrons. The number of nitrogens with one attached hydrogen (secondary N) is 1. The van der Waals surface area contributed by atoms with Crippen molar-refractivity contribution in [3.05, 3.63) is 0 Å². The molecule has 0 bridgehead atoms. The zero-order valence-corrected chi connectivity index (χ0v) is 13.6. The average molecular weight is 283 g/mol. The van der Waals surface area contributed by atoms with Crippen LogP contribution in [0.2, 0.25) is 0 Å². The van der Waals surface area contributed by atoms with Crippen molar-refractivity contribution in [3.63, 3.8) is 0 Å². The molecule has 1 saturated carbocycles. The number of nitrogens with zero attached hydrogens (tertiary/aromatic N) is 2. The molecule has 0 aromatic heterocycles. The van der Waals surface area contributed by atoms with E-state index in [1.807, 2.05) is 0 Å². The number of rotatable bonds is 5. The van der Waals surface area contributed by atoms with Gasteiger partial charge in [0.25, 0.3) is 0 Å². The van der Waals surface area contributed by atoms with Crippen LogP contribution in [0, 0.1) is 0 Å². The van der Waals surface area contributed by atoms with Gasteiger partial charge < -0.3 is 15.3 Å². The SMILES string of the molecule is CCNC1(CO)CCCC(N2CCN(C)C(CC)C2)C1. The van der Waals surface area contributed by atoms with E-state index in [4.69, 9.17) is 0 Å². The van der Waals surface area contributed by atoms with Crippen molar-refractivity contribution < 1.29 is 5.11 Å². The molecule has 0 aromatic carbocycles. The summed E-state index contributed by atoms with van der Waals surface area (Å²) in [5.41, 5.74) is -0.0251. The highest BCUT2D eigenvalue weighted by Gasteiger charge is 2.38. The minimum atomic E-state index is -0.0251. The first kappa shape index (κ1) is 16.2. The smallest absolute Gasteiger partial charge is 0.0613 e. The largest absolute Gasteiger partial charge is 0.394 e. The maximum atomic E-state index is 9.84. The predicted octanol–water partition coefficient (Wildman–Crippen LogP) is 1.30. The summed E-state index contributed by atoms with van der Waals surface area (Å²) in [6.07, 6.45) is 6.00. The second-order valence-corrected chi connectivity index (χ2v) is 6.76. The fraction of sp³-hybridized carbons (Fsp3) is 1.00. The van der Waals surface area contributed by atoms with E-state index >= 15 is 0 Å². The Balaban J connectivity index is 1.98. The van der Waals surface area contributed by atoms with Crippen LogP contribution in [0.15, 0.2) is 0 Å². The molecule has 2 aliphatic rings. The van der Waals surface area contributed by atoms with Crippen molar-refractivity contribution in [3.8, 4) is 0 Å². The van der Waals surface area contributed by atoms with Crippen LogP contribution in [-0.4, -0.2) is 72.4 Å². The molecule has 2 fully saturated rings. The maximum absolute atomic E-state index is 9.84. The number of aliphatic hydroxyl groups is 1. The third-order valence-electron chi connectivity index (χ3n) is 5.47. The van der Waals surface area contributed by atoms with Crippen LogP contribution >= 0.6 is 0 Å². The van der Waals surface area contributed by atoms with Gasteiger partial charge in [-0.15, -0.1) is 0 Å². The predicted molar refractivity (Wildman–Crippen MR) is 84.0 cm³/mol. The molecule has 1 heterocycles. The molecule has 0 amide bonds. The lowest BCUT2D eigenvalue weighted by molar-refractivity contribution is 0.0164. The van der Waals surface area contributed by atoms with E-state index < -0.39 is 0 Å². The Morgan fingerprint density at radius 3 is 2.75 bits per heavy atom. The molecular formula is C16H33N3O. The lowest BCUT2D eigenvalue weighted by Gasteiger charge is -2.48. The molecule has 0 aromatic rings. The van der Waals surface area contributed by atoms with Gasteiger partial charge in [0.15, 0.2) is 0 Å². The van der Waals surface area contributed by atoms with Gasteiger partial charge in [-0.25, -0.2) is 0 Å². The minimum Gasteiger partial charge on any atom is -0.394 e. The van der Waals surface area contributed by atoms with E-state index in [2.05, 4.69) is 36.0 Å². The van der Waals surface area contributed by atoms with Crippen LogP contribution in [0.1, 0.15) is 46.0 Å². The zero-order valence-electron chi connectivity index (χ0n) is 13.6. The number of hydrogen-bond acceptors (Lipinski definition) is 4. The van der Waals surface area contributed by atoms with Gasteiger partial charge in [0.05, 0.1) is 6.61 Å². The third kappa shape index (κ3) is 3.53. The first-order valence-electron chi connectivity index (χ1n) is 8.44. The third-order valence-corrected chi connectivity index (χ3v) is 5.47. The van der Waals surface area contributed by atoms with Gasteiger partial charge in [-0.05, 0) is 45.7 Å². The Kier molecular flexibility index (Phi) is 5.84. The number of piperazine rings is 1. The van der Waals surface area contributed by atoms with E-state index in [1.165, 1.54) is 38.9 Å². The van der Waals surface area contributed by atoms with Crippen molar-refractivity contribution >= 4 is 0 Å². The summed E-state index contributed by atoms with van der Waals surface area (Å²) < 4.78 is 0. The minimum absolute atomic E-state index is 0.0251. The highest BCUT2D eigenvalue weighted by molar-refractivity contribution is 4.97. The summed E-state index contributed by atoms with van der Waals surface area (Å²) in [6, 6.07) is 1.35. The summed E-state index contributed by atoms with van der Waals surface area (Å²) in [5, 5.41) is 13.4. The Morgan fingerprint density at radius 1 is 1.30 bits per heavy atom. The standard InChI is InChI=1S/C16H33N3O/c1-4-14-12-19(10-9-18(14)3)15-7-6-8-16(11-15,13-20)17-5-2/h14-15,17,20H,4-13H2,1-3H3. The first-order chi connectivity index (χ1) is 9.64. The fourth-order valence-corrected chi connectivity index (χ4v) is 4.12. The summed E-state index contributed by atoms with van der Waals surface area (Å²) in [6.45, 7) is 9.24. The lowest BCUT2D eigenvalue weighted by atomic mass is 9.78. The quantitative estimate of drug-likeness (QED) is 0.798. The van der Waals surface area contributed by atoms with E-state index in [0.29, 0.717) is 12.1 Å². The molecule has 4 nitrogen and oxygen atoms in total. The van der Waals surface area contributed by atoms with Gasteiger partial charge in [-0.1, -0.05) is 13.8 Å². The fourth-order valence-electron chi connectivity index (χ4n) is 4.12. The summed E-state index contributed by atoms with van der Waals surface area (Å²) in [7, 11) is 2.25. The molecule has 1 saturated heterocycles. The Bertz CT molecular complexity index is 295. The highest BCUT2D eigenvalue weighted by atomic mass is 16.3. The monoisotopic (exact) mass is 283 g/mol. The van der Waals surface area contributed by atoms with E-state index in [0.717, 1.165) is 19.4 Å². The Labute approximate surface area is 124 Å². The van der Waals surface area contributed by atoms with Crippen molar-refractivity contribution in [2.45, 2.75) is 63.6 Å². The van der Waals surface area contributed by atoms with Crippen LogP contribution < -0.4 is 5.32 Å². The highest BCUT2D eigenvalue weighted by Crippen LogP contribution is 2.32. The molecule has 1 aliphatic heterocycles. The Morgan fingerprint density at radius 2 is 2.10 bits per heavy atom. The molecular weight excluding hydrogens is 250 g/mol. The number of hydrogen-bond donors (Lipinski definition) is 2. The lowest BCUT2D eigenvalue weighted by Crippen LogP contribution is -2.60. The molecule has 3 unspecified atom stereocenters. The van der Waals surface area contributed by atoms with Crippen LogP contribution in [0.25, 0.3) is 0 Å². The molecule has 3 atom stereocenters. The van der Waals surface area contributed by atoms with Crippen molar-refractivity contribution in [2.24, 2.45) is 0 Å². The summed E-state index contributed by atoms with van der Waals surface area (Å²) in [4.78, 5) is 5.19.